The van der Waals surface area contributed by atoms with Crippen LogP contribution in [0.5, 0.6) is 0 Å². The lowest BCUT2D eigenvalue weighted by molar-refractivity contribution is 0.509. The minimum absolute atomic E-state index is 0.729. The summed E-state index contributed by atoms with van der Waals surface area (Å²) in [5.41, 5.74) is 0. The van der Waals surface area contributed by atoms with Gasteiger partial charge in [0.25, 0.3) is 0 Å². The van der Waals surface area contributed by atoms with Gasteiger partial charge in [0, 0.05) is 29.4 Å². The lowest BCUT2D eigenvalue weighted by Gasteiger charge is -2.04. The van der Waals surface area contributed by atoms with Crippen LogP contribution in [-0.2, 0) is 12.3 Å². The standard InChI is InChI=1S/C11H16N6S2/c1-8-13-6-10(19-8)7-18-11-14-15-16-17(11)5-4-12-9-2-3-9/h6,9,12H,2-5,7H2,1H3. The maximum Gasteiger partial charge on any atom is 0.209 e. The Morgan fingerprint density at radius 1 is 1.53 bits per heavy atom. The molecular formula is C11H16N6S2. The molecule has 1 N–H and O–H groups in total. The van der Waals surface area contributed by atoms with E-state index in [1.807, 2.05) is 17.8 Å². The van der Waals surface area contributed by atoms with Crippen molar-refractivity contribution >= 4 is 23.1 Å². The Morgan fingerprint density at radius 2 is 2.42 bits per heavy atom. The highest BCUT2D eigenvalue weighted by Crippen LogP contribution is 2.23. The van der Waals surface area contributed by atoms with E-state index in [9.17, 15) is 0 Å². The Labute approximate surface area is 120 Å². The van der Waals surface area contributed by atoms with Crippen molar-refractivity contribution in [3.05, 3.63) is 16.1 Å². The highest BCUT2D eigenvalue weighted by atomic mass is 32.2. The third-order valence-corrected chi connectivity index (χ3v) is 4.95. The summed E-state index contributed by atoms with van der Waals surface area (Å²) in [6, 6.07) is 0.729. The zero-order valence-corrected chi connectivity index (χ0v) is 12.4. The lowest BCUT2D eigenvalue weighted by Crippen LogP contribution is -2.22. The van der Waals surface area contributed by atoms with Crippen LogP contribution in [-0.4, -0.2) is 37.8 Å². The van der Waals surface area contributed by atoms with E-state index in [1.54, 1.807) is 23.1 Å². The molecule has 1 saturated carbocycles. The van der Waals surface area contributed by atoms with Gasteiger partial charge in [-0.25, -0.2) is 9.67 Å². The molecule has 3 rings (SSSR count). The molecule has 1 aliphatic carbocycles. The number of aromatic nitrogens is 5. The molecule has 0 atom stereocenters. The van der Waals surface area contributed by atoms with Crippen molar-refractivity contribution in [1.29, 1.82) is 0 Å². The summed E-state index contributed by atoms with van der Waals surface area (Å²) in [5.74, 6) is 0.877. The molecule has 6 nitrogen and oxygen atoms in total. The molecule has 0 saturated heterocycles. The first-order valence-corrected chi connectivity index (χ1v) is 8.15. The van der Waals surface area contributed by atoms with Gasteiger partial charge in [0.2, 0.25) is 5.16 Å². The van der Waals surface area contributed by atoms with Crippen molar-refractivity contribution in [3.63, 3.8) is 0 Å². The highest BCUT2D eigenvalue weighted by Gasteiger charge is 2.20. The second-order valence-electron chi connectivity index (χ2n) is 4.55. The number of tetrazole rings is 1. The third kappa shape index (κ3) is 3.74. The summed E-state index contributed by atoms with van der Waals surface area (Å²) < 4.78 is 1.87. The molecule has 2 aromatic rings. The molecule has 0 bridgehead atoms. The predicted octanol–water partition coefficient (Wildman–Crippen LogP) is 1.48. The van der Waals surface area contributed by atoms with Crippen LogP contribution >= 0.6 is 23.1 Å². The molecule has 102 valence electrons. The van der Waals surface area contributed by atoms with Crippen LogP contribution in [0, 0.1) is 6.92 Å². The number of aryl methyl sites for hydroxylation is 1. The number of hydrogen-bond acceptors (Lipinski definition) is 7. The molecule has 2 aromatic heterocycles. The maximum atomic E-state index is 4.25. The van der Waals surface area contributed by atoms with Crippen LogP contribution in [0.3, 0.4) is 0 Å². The summed E-state index contributed by atoms with van der Waals surface area (Å²) >= 11 is 3.39. The second kappa shape index (κ2) is 5.98. The number of thiazole rings is 1. The fourth-order valence-corrected chi connectivity index (χ4v) is 3.43. The SMILES string of the molecule is Cc1ncc(CSc2nnnn2CCNC2CC2)s1. The van der Waals surface area contributed by atoms with Gasteiger partial charge in [-0.1, -0.05) is 11.8 Å². The molecule has 2 heterocycles. The number of nitrogens with one attached hydrogen (secondary N) is 1. The van der Waals surface area contributed by atoms with Gasteiger partial charge in [0.1, 0.15) is 0 Å². The monoisotopic (exact) mass is 296 g/mol. The highest BCUT2D eigenvalue weighted by molar-refractivity contribution is 7.98. The molecule has 0 unspecified atom stereocenters. The van der Waals surface area contributed by atoms with Crippen LogP contribution in [0.2, 0.25) is 0 Å². The quantitative estimate of drug-likeness (QED) is 0.781. The Balaban J connectivity index is 1.50. The molecule has 0 aliphatic heterocycles. The minimum atomic E-state index is 0.729. The number of nitrogens with zero attached hydrogens (tertiary/aromatic N) is 5. The largest absolute Gasteiger partial charge is 0.312 e. The van der Waals surface area contributed by atoms with E-state index in [4.69, 9.17) is 0 Å². The van der Waals surface area contributed by atoms with Gasteiger partial charge in [0.15, 0.2) is 0 Å². The predicted molar refractivity (Wildman–Crippen MR) is 75.3 cm³/mol. The van der Waals surface area contributed by atoms with Crippen molar-refractivity contribution < 1.29 is 0 Å². The Kier molecular flexibility index (Phi) is 4.09. The van der Waals surface area contributed by atoms with Crippen LogP contribution in [0.4, 0.5) is 0 Å². The van der Waals surface area contributed by atoms with Gasteiger partial charge >= 0.3 is 0 Å². The summed E-state index contributed by atoms with van der Waals surface area (Å²) in [6.07, 6.45) is 4.54. The molecule has 0 aromatic carbocycles. The van der Waals surface area contributed by atoms with E-state index >= 15 is 0 Å². The van der Waals surface area contributed by atoms with Crippen molar-refractivity contribution in [2.75, 3.05) is 6.54 Å². The van der Waals surface area contributed by atoms with Gasteiger partial charge in [0.05, 0.1) is 11.6 Å². The molecular weight excluding hydrogens is 280 g/mol. The molecule has 1 fully saturated rings. The average Bonchev–Trinajstić information content (AvgIpc) is 2.95. The number of rotatable bonds is 7. The smallest absolute Gasteiger partial charge is 0.209 e. The Morgan fingerprint density at radius 3 is 3.16 bits per heavy atom. The van der Waals surface area contributed by atoms with E-state index in [0.717, 1.165) is 35.0 Å². The average molecular weight is 296 g/mol. The van der Waals surface area contributed by atoms with Gasteiger partial charge in [-0.15, -0.1) is 16.4 Å². The summed E-state index contributed by atoms with van der Waals surface area (Å²) in [5, 5.41) is 17.3. The van der Waals surface area contributed by atoms with Crippen molar-refractivity contribution in [2.24, 2.45) is 0 Å². The van der Waals surface area contributed by atoms with E-state index in [1.165, 1.54) is 17.7 Å². The summed E-state index contributed by atoms with van der Waals surface area (Å²) in [4.78, 5) is 5.51. The zero-order valence-electron chi connectivity index (χ0n) is 10.7. The van der Waals surface area contributed by atoms with Gasteiger partial charge in [-0.2, -0.15) is 0 Å². The first-order valence-electron chi connectivity index (χ1n) is 6.35. The van der Waals surface area contributed by atoms with E-state index in [2.05, 4.69) is 25.8 Å². The topological polar surface area (TPSA) is 68.5 Å². The molecule has 0 spiro atoms. The van der Waals surface area contributed by atoms with Crippen LogP contribution in [0.25, 0.3) is 0 Å². The van der Waals surface area contributed by atoms with Crippen LogP contribution < -0.4 is 5.32 Å². The molecule has 0 radical (unpaired) electrons. The number of hydrogen-bond donors (Lipinski definition) is 1. The summed E-state index contributed by atoms with van der Waals surface area (Å²) in [6.45, 7) is 3.78. The molecule has 1 aliphatic rings. The number of thioether (sulfide) groups is 1. The zero-order chi connectivity index (χ0) is 13.1. The van der Waals surface area contributed by atoms with Crippen molar-refractivity contribution in [2.45, 2.75) is 43.3 Å². The molecule has 19 heavy (non-hydrogen) atoms. The van der Waals surface area contributed by atoms with E-state index in [-0.39, 0.29) is 0 Å². The van der Waals surface area contributed by atoms with Gasteiger partial charge < -0.3 is 5.32 Å². The van der Waals surface area contributed by atoms with Crippen LogP contribution in [0.1, 0.15) is 22.7 Å². The maximum absolute atomic E-state index is 4.25. The van der Waals surface area contributed by atoms with E-state index in [0.29, 0.717) is 0 Å². The Hall–Kier alpha value is -0.990. The van der Waals surface area contributed by atoms with E-state index < -0.39 is 0 Å². The molecule has 8 heteroatoms. The minimum Gasteiger partial charge on any atom is -0.312 e. The Bertz CT molecular complexity index is 533. The van der Waals surface area contributed by atoms with Crippen molar-refractivity contribution in [1.82, 2.24) is 30.5 Å². The first-order chi connectivity index (χ1) is 9.31. The second-order valence-corrected chi connectivity index (χ2v) is 6.81. The van der Waals surface area contributed by atoms with Gasteiger partial charge in [-0.05, 0) is 30.2 Å². The van der Waals surface area contributed by atoms with Gasteiger partial charge in [-0.3, -0.25) is 0 Å². The fraction of sp³-hybridized carbons (Fsp3) is 0.636. The van der Waals surface area contributed by atoms with Crippen molar-refractivity contribution in [3.8, 4) is 0 Å². The first kappa shape index (κ1) is 13.0. The fourth-order valence-electron chi connectivity index (χ4n) is 1.71. The molecule has 0 amide bonds. The third-order valence-electron chi connectivity index (χ3n) is 2.85. The van der Waals surface area contributed by atoms with Crippen LogP contribution in [0.15, 0.2) is 11.4 Å². The normalized spacial score (nSPS) is 15.0. The summed E-state index contributed by atoms with van der Waals surface area (Å²) in [7, 11) is 0. The lowest BCUT2D eigenvalue weighted by atomic mass is 10.6.